The van der Waals surface area contributed by atoms with Gasteiger partial charge in [-0.3, -0.25) is 18.6 Å². The van der Waals surface area contributed by atoms with Gasteiger partial charge in [-0.15, -0.1) is 0 Å². The lowest BCUT2D eigenvalue weighted by atomic mass is 10.2. The number of sulfone groups is 1. The van der Waals surface area contributed by atoms with Crippen LogP contribution in [0.1, 0.15) is 32.3 Å². The van der Waals surface area contributed by atoms with Gasteiger partial charge in [-0.2, -0.15) is 5.10 Å². The van der Waals surface area contributed by atoms with Crippen LogP contribution in [0.5, 0.6) is 0 Å². The minimum atomic E-state index is -3.92. The monoisotopic (exact) mass is 434 g/mol. The third kappa shape index (κ3) is 3.49. The molecule has 8 nitrogen and oxygen atoms in total. The Hall–Kier alpha value is -2.75. The van der Waals surface area contributed by atoms with Gasteiger partial charge >= 0.3 is 5.69 Å². The number of hydrogen-bond donors (Lipinski definition) is 0. The third-order valence-corrected chi connectivity index (χ3v) is 7.73. The van der Waals surface area contributed by atoms with Crippen LogP contribution in [0.2, 0.25) is 0 Å². The largest absolute Gasteiger partial charge is 0.331 e. The molecule has 0 atom stereocenters. The van der Waals surface area contributed by atoms with Gasteiger partial charge in [0.2, 0.25) is 0 Å². The Bertz CT molecular complexity index is 1380. The van der Waals surface area contributed by atoms with Gasteiger partial charge in [0.05, 0.1) is 29.4 Å². The summed E-state index contributed by atoms with van der Waals surface area (Å²) < 4.78 is 44.4. The van der Waals surface area contributed by atoms with Gasteiger partial charge < -0.3 is 0 Å². The number of hydrogen-bond acceptors (Lipinski definition) is 5. The molecular formula is C20H23FN4O4S. The molecule has 1 aliphatic rings. The lowest BCUT2D eigenvalue weighted by molar-refractivity contribution is 0.549. The van der Waals surface area contributed by atoms with Crippen LogP contribution in [0, 0.1) is 11.2 Å². The number of benzene rings is 1. The van der Waals surface area contributed by atoms with Crippen molar-refractivity contribution in [3.63, 3.8) is 0 Å². The van der Waals surface area contributed by atoms with Crippen LogP contribution in [0.4, 0.5) is 4.39 Å². The van der Waals surface area contributed by atoms with E-state index in [0.717, 1.165) is 29.5 Å². The van der Waals surface area contributed by atoms with E-state index in [1.807, 2.05) is 6.92 Å². The summed E-state index contributed by atoms with van der Waals surface area (Å²) in [6.45, 7) is 3.74. The fourth-order valence-electron chi connectivity index (χ4n) is 3.73. The summed E-state index contributed by atoms with van der Waals surface area (Å²) in [5.74, 6) is -1.11. The van der Waals surface area contributed by atoms with Crippen molar-refractivity contribution in [3.05, 3.63) is 56.7 Å². The van der Waals surface area contributed by atoms with Crippen molar-refractivity contribution >= 4 is 20.7 Å². The summed E-state index contributed by atoms with van der Waals surface area (Å²) in [7, 11) is -2.20. The van der Waals surface area contributed by atoms with Crippen LogP contribution < -0.4 is 11.2 Å². The zero-order chi connectivity index (χ0) is 21.8. The second kappa shape index (κ2) is 6.90. The predicted octanol–water partition coefficient (Wildman–Crippen LogP) is 1.68. The molecule has 0 N–H and O–H groups in total. The predicted molar refractivity (Wildman–Crippen MR) is 110 cm³/mol. The zero-order valence-corrected chi connectivity index (χ0v) is 17.9. The van der Waals surface area contributed by atoms with E-state index in [9.17, 15) is 22.4 Å². The number of aromatic nitrogens is 4. The van der Waals surface area contributed by atoms with E-state index in [0.29, 0.717) is 5.56 Å². The molecule has 0 radical (unpaired) electrons. The van der Waals surface area contributed by atoms with E-state index in [2.05, 4.69) is 5.10 Å². The van der Waals surface area contributed by atoms with Crippen molar-refractivity contribution in [2.75, 3.05) is 5.75 Å². The molecule has 0 bridgehead atoms. The minimum absolute atomic E-state index is 0.00117. The average molecular weight is 434 g/mol. The molecule has 10 heteroatoms. The van der Waals surface area contributed by atoms with Crippen LogP contribution in [0.3, 0.4) is 0 Å². The smallest absolute Gasteiger partial charge is 0.293 e. The summed E-state index contributed by atoms with van der Waals surface area (Å²) in [5.41, 5.74) is -0.848. The van der Waals surface area contributed by atoms with E-state index in [1.165, 1.54) is 4.57 Å². The lowest BCUT2D eigenvalue weighted by Crippen LogP contribution is -2.40. The highest BCUT2D eigenvalue weighted by molar-refractivity contribution is 7.91. The molecule has 1 saturated carbocycles. The highest BCUT2D eigenvalue weighted by Crippen LogP contribution is 2.47. The number of fused-ring (bicyclic) bond motifs is 1. The first-order valence-corrected chi connectivity index (χ1v) is 11.4. The Morgan fingerprint density at radius 2 is 1.90 bits per heavy atom. The molecule has 0 aliphatic heterocycles. The molecule has 30 heavy (non-hydrogen) atoms. The maximum atomic E-state index is 14.8. The summed E-state index contributed by atoms with van der Waals surface area (Å²) in [6.07, 6.45) is 4.77. The maximum Gasteiger partial charge on any atom is 0.331 e. The van der Waals surface area contributed by atoms with Gasteiger partial charge in [-0.05, 0) is 37.3 Å². The van der Waals surface area contributed by atoms with Gasteiger partial charge in [0.15, 0.2) is 9.84 Å². The Kier molecular flexibility index (Phi) is 4.72. The minimum Gasteiger partial charge on any atom is -0.293 e. The second-order valence-corrected chi connectivity index (χ2v) is 10.3. The molecule has 1 aliphatic carbocycles. The van der Waals surface area contributed by atoms with Crippen LogP contribution in [-0.2, 0) is 30.0 Å². The van der Waals surface area contributed by atoms with Gasteiger partial charge in [0.25, 0.3) is 5.56 Å². The molecule has 3 aromatic rings. The van der Waals surface area contributed by atoms with E-state index >= 15 is 0 Å². The van der Waals surface area contributed by atoms with Crippen LogP contribution in [0.15, 0.2) is 39.0 Å². The molecular weight excluding hydrogens is 411 g/mol. The summed E-state index contributed by atoms with van der Waals surface area (Å²) in [5, 5.41) is 4.04. The molecule has 0 spiro atoms. The highest BCUT2D eigenvalue weighted by Gasteiger charge is 2.42. The van der Waals surface area contributed by atoms with Crippen molar-refractivity contribution in [2.24, 2.45) is 12.5 Å². The van der Waals surface area contributed by atoms with Gasteiger partial charge in [0.1, 0.15) is 10.7 Å². The van der Waals surface area contributed by atoms with E-state index in [1.54, 1.807) is 31.0 Å². The van der Waals surface area contributed by atoms with Gasteiger partial charge in [-0.25, -0.2) is 17.6 Å². The number of rotatable bonds is 6. The zero-order valence-electron chi connectivity index (χ0n) is 17.1. The molecule has 2 aromatic heterocycles. The van der Waals surface area contributed by atoms with Gasteiger partial charge in [0, 0.05) is 25.4 Å². The number of aryl methyl sites for hydroxylation is 2. The summed E-state index contributed by atoms with van der Waals surface area (Å²) in [4.78, 5) is 25.5. The van der Waals surface area contributed by atoms with Crippen LogP contribution in [0.25, 0.3) is 10.9 Å². The standard InChI is InChI=1S/C20H23FN4O4S/c1-4-24-16-8-15(21)17(30(28,29)12-20(2)5-6-20)7-14(16)18(26)25(19(24)27)11-13-9-22-23(3)10-13/h7-10H,4-6,11-12H2,1-3H3. The summed E-state index contributed by atoms with van der Waals surface area (Å²) >= 11 is 0. The highest BCUT2D eigenvalue weighted by atomic mass is 32.2. The fourth-order valence-corrected chi connectivity index (χ4v) is 5.75. The molecule has 4 rings (SSSR count). The first kappa shape index (κ1) is 20.5. The van der Waals surface area contributed by atoms with Crippen molar-refractivity contribution in [1.29, 1.82) is 0 Å². The van der Waals surface area contributed by atoms with Crippen molar-refractivity contribution in [3.8, 4) is 0 Å². The Morgan fingerprint density at radius 3 is 2.47 bits per heavy atom. The van der Waals surface area contributed by atoms with E-state index in [4.69, 9.17) is 0 Å². The third-order valence-electron chi connectivity index (χ3n) is 5.67. The number of halogens is 1. The molecule has 2 heterocycles. The first-order valence-electron chi connectivity index (χ1n) is 9.72. The number of nitrogens with zero attached hydrogens (tertiary/aromatic N) is 4. The molecule has 1 fully saturated rings. The summed E-state index contributed by atoms with van der Waals surface area (Å²) in [6, 6.07) is 2.07. The molecule has 0 saturated heterocycles. The van der Waals surface area contributed by atoms with Crippen LogP contribution >= 0.6 is 0 Å². The first-order chi connectivity index (χ1) is 14.0. The lowest BCUT2D eigenvalue weighted by Gasteiger charge is -2.15. The molecule has 0 unspecified atom stereocenters. The van der Waals surface area contributed by atoms with Crippen molar-refractivity contribution < 1.29 is 12.8 Å². The topological polar surface area (TPSA) is 96.0 Å². The van der Waals surface area contributed by atoms with E-state index < -0.39 is 31.8 Å². The Morgan fingerprint density at radius 1 is 1.20 bits per heavy atom. The average Bonchev–Trinajstić information content (AvgIpc) is 3.23. The Labute approximate surface area is 172 Å². The normalized spacial score (nSPS) is 15.6. The fraction of sp³-hybridized carbons (Fsp3) is 0.450. The maximum absolute atomic E-state index is 14.8. The SMILES string of the molecule is CCn1c(=O)n(Cc2cnn(C)c2)c(=O)c2cc(S(=O)(=O)CC3(C)CC3)c(F)cc21. The van der Waals surface area contributed by atoms with Crippen molar-refractivity contribution in [2.45, 2.75) is 44.7 Å². The van der Waals surface area contributed by atoms with Gasteiger partial charge in [-0.1, -0.05) is 6.92 Å². The molecule has 1 aromatic carbocycles. The second-order valence-electron chi connectivity index (χ2n) is 8.31. The van der Waals surface area contributed by atoms with Crippen LogP contribution in [-0.4, -0.2) is 33.1 Å². The Balaban J connectivity index is 1.94. The van der Waals surface area contributed by atoms with Crippen molar-refractivity contribution in [1.82, 2.24) is 18.9 Å². The quantitative estimate of drug-likeness (QED) is 0.588. The molecule has 0 amide bonds. The molecule has 160 valence electrons. The van der Waals surface area contributed by atoms with E-state index in [-0.39, 0.29) is 35.2 Å².